The Morgan fingerprint density at radius 2 is 1.88 bits per heavy atom. The van der Waals surface area contributed by atoms with E-state index in [9.17, 15) is 4.79 Å². The molecule has 0 aromatic carbocycles. The van der Waals surface area contributed by atoms with E-state index >= 15 is 0 Å². The number of rotatable bonds is 5. The standard InChI is InChI=1S/C14H27NO/c1-11(2)9-10-14(3,4)15-13(16)12-7-5-6-8-12/h11-12H,5-10H2,1-4H3,(H,15,16). The van der Waals surface area contributed by atoms with Gasteiger partial charge in [0, 0.05) is 11.5 Å². The van der Waals surface area contributed by atoms with Crippen LogP contribution in [0.25, 0.3) is 0 Å². The third kappa shape index (κ3) is 4.54. The summed E-state index contributed by atoms with van der Waals surface area (Å²) >= 11 is 0. The fourth-order valence-electron chi connectivity index (χ4n) is 2.34. The second kappa shape index (κ2) is 5.70. The molecule has 2 heteroatoms. The summed E-state index contributed by atoms with van der Waals surface area (Å²) in [7, 11) is 0. The van der Waals surface area contributed by atoms with Crippen LogP contribution in [0.1, 0.15) is 66.2 Å². The van der Waals surface area contributed by atoms with Crippen molar-refractivity contribution in [2.24, 2.45) is 11.8 Å². The second-order valence-electron chi connectivity index (χ2n) is 6.29. The number of carbonyl (C=O) groups excluding carboxylic acids is 1. The molecule has 1 saturated carbocycles. The summed E-state index contributed by atoms with van der Waals surface area (Å²) < 4.78 is 0. The minimum absolute atomic E-state index is 0.0378. The number of carbonyl (C=O) groups is 1. The maximum atomic E-state index is 12.0. The quantitative estimate of drug-likeness (QED) is 0.762. The van der Waals surface area contributed by atoms with Crippen LogP contribution in [-0.2, 0) is 4.79 Å². The van der Waals surface area contributed by atoms with Crippen LogP contribution in [0, 0.1) is 11.8 Å². The van der Waals surface area contributed by atoms with E-state index in [1.54, 1.807) is 0 Å². The van der Waals surface area contributed by atoms with E-state index < -0.39 is 0 Å². The van der Waals surface area contributed by atoms with E-state index in [1.165, 1.54) is 19.3 Å². The first-order valence-corrected chi connectivity index (χ1v) is 6.73. The zero-order valence-corrected chi connectivity index (χ0v) is 11.3. The van der Waals surface area contributed by atoms with Crippen molar-refractivity contribution in [2.45, 2.75) is 71.8 Å². The van der Waals surface area contributed by atoms with Gasteiger partial charge < -0.3 is 5.32 Å². The minimum Gasteiger partial charge on any atom is -0.351 e. The molecule has 1 fully saturated rings. The fourth-order valence-corrected chi connectivity index (χ4v) is 2.34. The lowest BCUT2D eigenvalue weighted by Gasteiger charge is -2.28. The summed E-state index contributed by atoms with van der Waals surface area (Å²) in [5.41, 5.74) is -0.0378. The summed E-state index contributed by atoms with van der Waals surface area (Å²) in [5.74, 6) is 1.28. The highest BCUT2D eigenvalue weighted by molar-refractivity contribution is 5.79. The lowest BCUT2D eigenvalue weighted by Crippen LogP contribution is -2.45. The molecule has 0 radical (unpaired) electrons. The highest BCUT2D eigenvalue weighted by atomic mass is 16.2. The van der Waals surface area contributed by atoms with Gasteiger partial charge in [0.2, 0.25) is 5.91 Å². The molecule has 1 amide bonds. The molecule has 0 aromatic heterocycles. The Bertz CT molecular complexity index is 227. The van der Waals surface area contributed by atoms with Crippen LogP contribution in [-0.4, -0.2) is 11.4 Å². The molecule has 0 atom stereocenters. The first-order valence-electron chi connectivity index (χ1n) is 6.73. The predicted molar refractivity (Wildman–Crippen MR) is 68.3 cm³/mol. The Kier molecular flexibility index (Phi) is 4.82. The van der Waals surface area contributed by atoms with Crippen LogP contribution in [0.2, 0.25) is 0 Å². The maximum absolute atomic E-state index is 12.0. The molecule has 0 bridgehead atoms. The van der Waals surface area contributed by atoms with Crippen molar-refractivity contribution in [2.75, 3.05) is 0 Å². The van der Waals surface area contributed by atoms with Crippen LogP contribution >= 0.6 is 0 Å². The predicted octanol–water partition coefficient (Wildman–Crippen LogP) is 3.51. The van der Waals surface area contributed by atoms with Crippen molar-refractivity contribution in [1.82, 2.24) is 5.32 Å². The van der Waals surface area contributed by atoms with Crippen LogP contribution in [0.4, 0.5) is 0 Å². The van der Waals surface area contributed by atoms with Crippen molar-refractivity contribution in [1.29, 1.82) is 0 Å². The lowest BCUT2D eigenvalue weighted by molar-refractivity contribution is -0.126. The molecule has 1 rings (SSSR count). The lowest BCUT2D eigenvalue weighted by atomic mass is 9.93. The smallest absolute Gasteiger partial charge is 0.223 e. The van der Waals surface area contributed by atoms with Gasteiger partial charge in [-0.1, -0.05) is 26.7 Å². The minimum atomic E-state index is -0.0378. The van der Waals surface area contributed by atoms with Crippen LogP contribution in [0.5, 0.6) is 0 Å². The van der Waals surface area contributed by atoms with Crippen molar-refractivity contribution >= 4 is 5.91 Å². The van der Waals surface area contributed by atoms with E-state index in [0.29, 0.717) is 11.8 Å². The van der Waals surface area contributed by atoms with Gasteiger partial charge in [-0.3, -0.25) is 4.79 Å². The summed E-state index contributed by atoms with van der Waals surface area (Å²) in [6, 6.07) is 0. The van der Waals surface area contributed by atoms with Gasteiger partial charge >= 0.3 is 0 Å². The van der Waals surface area contributed by atoms with Crippen molar-refractivity contribution in [3.05, 3.63) is 0 Å². The van der Waals surface area contributed by atoms with Gasteiger partial charge in [0.15, 0.2) is 0 Å². The van der Waals surface area contributed by atoms with Crippen molar-refractivity contribution in [3.8, 4) is 0 Å². The molecule has 94 valence electrons. The molecular weight excluding hydrogens is 198 g/mol. The van der Waals surface area contributed by atoms with Gasteiger partial charge in [-0.25, -0.2) is 0 Å². The average Bonchev–Trinajstić information content (AvgIpc) is 2.67. The normalized spacial score (nSPS) is 18.1. The third-order valence-electron chi connectivity index (χ3n) is 3.53. The summed E-state index contributed by atoms with van der Waals surface area (Å²) in [6.07, 6.45) is 6.88. The topological polar surface area (TPSA) is 29.1 Å². The zero-order valence-electron chi connectivity index (χ0n) is 11.3. The molecule has 1 N–H and O–H groups in total. The van der Waals surface area contributed by atoms with Crippen LogP contribution < -0.4 is 5.32 Å². The fraction of sp³-hybridized carbons (Fsp3) is 0.929. The molecule has 0 aliphatic heterocycles. The average molecular weight is 225 g/mol. The van der Waals surface area contributed by atoms with Gasteiger partial charge in [-0.2, -0.15) is 0 Å². The Morgan fingerprint density at radius 1 is 1.31 bits per heavy atom. The summed E-state index contributed by atoms with van der Waals surface area (Å²) in [4.78, 5) is 12.0. The van der Waals surface area contributed by atoms with E-state index in [2.05, 4.69) is 33.0 Å². The number of nitrogens with one attached hydrogen (secondary N) is 1. The molecule has 16 heavy (non-hydrogen) atoms. The van der Waals surface area contributed by atoms with Crippen molar-refractivity contribution < 1.29 is 4.79 Å². The van der Waals surface area contributed by atoms with Crippen LogP contribution in [0.3, 0.4) is 0 Å². The number of amides is 1. The molecule has 0 unspecified atom stereocenters. The van der Waals surface area contributed by atoms with E-state index in [4.69, 9.17) is 0 Å². The van der Waals surface area contributed by atoms with Gasteiger partial charge in [0.05, 0.1) is 0 Å². The van der Waals surface area contributed by atoms with Gasteiger partial charge in [-0.15, -0.1) is 0 Å². The Hall–Kier alpha value is -0.530. The summed E-state index contributed by atoms with van der Waals surface area (Å²) in [6.45, 7) is 8.74. The first kappa shape index (κ1) is 13.5. The first-order chi connectivity index (χ1) is 7.41. The number of hydrogen-bond acceptors (Lipinski definition) is 1. The molecule has 2 nitrogen and oxygen atoms in total. The van der Waals surface area contributed by atoms with Crippen molar-refractivity contribution in [3.63, 3.8) is 0 Å². The van der Waals surface area contributed by atoms with Crippen LogP contribution in [0.15, 0.2) is 0 Å². The molecule has 0 spiro atoms. The highest BCUT2D eigenvalue weighted by Crippen LogP contribution is 2.26. The third-order valence-corrected chi connectivity index (χ3v) is 3.53. The van der Waals surface area contributed by atoms with E-state index in [0.717, 1.165) is 19.3 Å². The molecule has 1 aliphatic carbocycles. The second-order valence-corrected chi connectivity index (χ2v) is 6.29. The van der Waals surface area contributed by atoms with Gasteiger partial charge in [-0.05, 0) is 45.4 Å². The molecule has 0 saturated heterocycles. The maximum Gasteiger partial charge on any atom is 0.223 e. The largest absolute Gasteiger partial charge is 0.351 e. The Balaban J connectivity index is 2.35. The Morgan fingerprint density at radius 3 is 2.38 bits per heavy atom. The highest BCUT2D eigenvalue weighted by Gasteiger charge is 2.27. The number of hydrogen-bond donors (Lipinski definition) is 1. The zero-order chi connectivity index (χ0) is 12.2. The molecule has 1 aliphatic rings. The molecular formula is C14H27NO. The monoisotopic (exact) mass is 225 g/mol. The Labute approximate surface area is 100 Å². The summed E-state index contributed by atoms with van der Waals surface area (Å²) in [5, 5.41) is 3.21. The molecule has 0 aromatic rings. The van der Waals surface area contributed by atoms with Gasteiger partial charge in [0.25, 0.3) is 0 Å². The molecule has 0 heterocycles. The van der Waals surface area contributed by atoms with E-state index in [1.807, 2.05) is 0 Å². The van der Waals surface area contributed by atoms with Gasteiger partial charge in [0.1, 0.15) is 0 Å². The van der Waals surface area contributed by atoms with E-state index in [-0.39, 0.29) is 11.4 Å². The SMILES string of the molecule is CC(C)CCC(C)(C)NC(=O)C1CCCC1.